The fourth-order valence-electron chi connectivity index (χ4n) is 0.967. The lowest BCUT2D eigenvalue weighted by Gasteiger charge is -2.08. The lowest BCUT2D eigenvalue weighted by Crippen LogP contribution is -2.04. The molecule has 0 unspecified atom stereocenters. The van der Waals surface area contributed by atoms with Gasteiger partial charge in [0.2, 0.25) is 0 Å². The number of halogens is 2. The molecule has 0 N–H and O–H groups in total. The molecule has 0 amide bonds. The molecule has 0 bridgehead atoms. The van der Waals surface area contributed by atoms with E-state index in [1.807, 2.05) is 0 Å². The third-order valence-electron chi connectivity index (χ3n) is 1.65. The Hall–Kier alpha value is -0.300. The number of carbonyl (C=O) groups is 1. The number of benzene rings is 1. The highest BCUT2D eigenvalue weighted by atomic mass is 127. The van der Waals surface area contributed by atoms with Crippen LogP contribution in [0, 0.1) is 3.57 Å². The zero-order valence-corrected chi connectivity index (χ0v) is 11.4. The summed E-state index contributed by atoms with van der Waals surface area (Å²) in [6.07, 6.45) is 0. The quantitative estimate of drug-likeness (QED) is 0.593. The van der Waals surface area contributed by atoms with Crippen LogP contribution in [-0.2, 0) is 4.74 Å². The molecule has 0 fully saturated rings. The molecule has 0 saturated heterocycles. The fourth-order valence-corrected chi connectivity index (χ4v) is 1.76. The van der Waals surface area contributed by atoms with Crippen LogP contribution in [0.4, 0.5) is 0 Å². The molecule has 0 saturated carbocycles. The summed E-state index contributed by atoms with van der Waals surface area (Å²) in [6.45, 7) is 0. The third kappa shape index (κ3) is 2.38. The minimum absolute atomic E-state index is 0.396. The molecule has 0 spiro atoms. The second-order valence-electron chi connectivity index (χ2n) is 2.46. The van der Waals surface area contributed by atoms with Crippen LogP contribution >= 0.6 is 38.5 Å². The highest BCUT2D eigenvalue weighted by Gasteiger charge is 2.14. The van der Waals surface area contributed by atoms with Gasteiger partial charge < -0.3 is 9.47 Å². The highest BCUT2D eigenvalue weighted by molar-refractivity contribution is 14.1. The summed E-state index contributed by atoms with van der Waals surface area (Å²) in [7, 11) is 2.86. The molecule has 3 nitrogen and oxygen atoms in total. The smallest absolute Gasteiger partial charge is 0.341 e. The average molecular weight is 371 g/mol. The Kier molecular flexibility index (Phi) is 4.18. The first-order valence-electron chi connectivity index (χ1n) is 3.71. The van der Waals surface area contributed by atoms with Gasteiger partial charge in [-0.05, 0) is 50.7 Å². The van der Waals surface area contributed by atoms with Crippen LogP contribution in [0.1, 0.15) is 10.4 Å². The van der Waals surface area contributed by atoms with Crippen molar-refractivity contribution in [3.8, 4) is 5.75 Å². The number of hydrogen-bond acceptors (Lipinski definition) is 3. The van der Waals surface area contributed by atoms with Gasteiger partial charge in [0.25, 0.3) is 0 Å². The van der Waals surface area contributed by atoms with Crippen LogP contribution in [-0.4, -0.2) is 20.2 Å². The Bertz CT molecular complexity index is 365. The molecule has 0 aromatic heterocycles. The van der Waals surface area contributed by atoms with E-state index < -0.39 is 5.97 Å². The van der Waals surface area contributed by atoms with Gasteiger partial charge in [0.15, 0.2) is 0 Å². The summed E-state index contributed by atoms with van der Waals surface area (Å²) in [4.78, 5) is 11.3. The van der Waals surface area contributed by atoms with Gasteiger partial charge in [-0.3, -0.25) is 0 Å². The number of esters is 1. The van der Waals surface area contributed by atoms with E-state index in [-0.39, 0.29) is 0 Å². The van der Waals surface area contributed by atoms with Crippen LogP contribution in [0.15, 0.2) is 16.6 Å². The van der Waals surface area contributed by atoms with Crippen LogP contribution in [0.5, 0.6) is 5.75 Å². The van der Waals surface area contributed by atoms with Crippen LogP contribution in [0.3, 0.4) is 0 Å². The van der Waals surface area contributed by atoms with Gasteiger partial charge in [-0.2, -0.15) is 0 Å². The molecule has 0 heterocycles. The number of methoxy groups -OCH3 is 2. The molecular weight excluding hydrogens is 363 g/mol. The maximum absolute atomic E-state index is 11.3. The average Bonchev–Trinajstić information content (AvgIpc) is 2.20. The summed E-state index contributed by atoms with van der Waals surface area (Å²) < 4.78 is 11.5. The minimum Gasteiger partial charge on any atom is -0.496 e. The second kappa shape index (κ2) is 4.97. The van der Waals surface area contributed by atoms with Crippen molar-refractivity contribution in [3.05, 3.63) is 25.7 Å². The number of hydrogen-bond donors (Lipinski definition) is 0. The van der Waals surface area contributed by atoms with Crippen LogP contribution < -0.4 is 4.74 Å². The number of ether oxygens (including phenoxy) is 2. The van der Waals surface area contributed by atoms with E-state index in [9.17, 15) is 4.79 Å². The van der Waals surface area contributed by atoms with Crippen molar-refractivity contribution in [1.29, 1.82) is 0 Å². The van der Waals surface area contributed by atoms with Gasteiger partial charge in [-0.1, -0.05) is 0 Å². The van der Waals surface area contributed by atoms with E-state index in [1.54, 1.807) is 12.1 Å². The second-order valence-corrected chi connectivity index (χ2v) is 4.47. The molecule has 0 aliphatic carbocycles. The van der Waals surface area contributed by atoms with E-state index >= 15 is 0 Å². The van der Waals surface area contributed by atoms with Crippen molar-refractivity contribution in [1.82, 2.24) is 0 Å². The lowest BCUT2D eigenvalue weighted by molar-refractivity contribution is 0.0597. The topological polar surface area (TPSA) is 35.5 Å². The van der Waals surface area contributed by atoms with Gasteiger partial charge >= 0.3 is 5.97 Å². The first-order valence-corrected chi connectivity index (χ1v) is 5.58. The standard InChI is InChI=1S/C9H8BrIO3/c1-13-8-4-6(10)7(11)3-5(8)9(12)14-2/h3-4H,1-2H3. The molecule has 0 aliphatic heterocycles. The molecule has 0 atom stereocenters. The molecule has 76 valence electrons. The van der Waals surface area contributed by atoms with Crippen molar-refractivity contribution in [3.63, 3.8) is 0 Å². The summed E-state index contributed by atoms with van der Waals surface area (Å²) in [5.74, 6) is 0.108. The van der Waals surface area contributed by atoms with E-state index in [1.165, 1.54) is 14.2 Å². The van der Waals surface area contributed by atoms with E-state index in [4.69, 9.17) is 4.74 Å². The fraction of sp³-hybridized carbons (Fsp3) is 0.222. The Morgan fingerprint density at radius 2 is 2.07 bits per heavy atom. The largest absolute Gasteiger partial charge is 0.496 e. The van der Waals surface area contributed by atoms with Crippen molar-refractivity contribution in [2.24, 2.45) is 0 Å². The summed E-state index contributed by atoms with van der Waals surface area (Å²) in [5.41, 5.74) is 0.433. The van der Waals surface area contributed by atoms with Crippen molar-refractivity contribution >= 4 is 44.5 Å². The summed E-state index contributed by atoms with van der Waals surface area (Å²) in [5, 5.41) is 0. The number of rotatable bonds is 2. The summed E-state index contributed by atoms with van der Waals surface area (Å²) in [6, 6.07) is 3.46. The first-order chi connectivity index (χ1) is 6.60. The Labute approximate surface area is 104 Å². The zero-order valence-electron chi connectivity index (χ0n) is 7.64. The van der Waals surface area contributed by atoms with E-state index in [2.05, 4.69) is 43.3 Å². The maximum Gasteiger partial charge on any atom is 0.341 e. The van der Waals surface area contributed by atoms with E-state index in [0.717, 1.165) is 8.04 Å². The zero-order chi connectivity index (χ0) is 10.7. The molecule has 1 rings (SSSR count). The Morgan fingerprint density at radius 3 is 2.57 bits per heavy atom. The Balaban J connectivity index is 3.27. The van der Waals surface area contributed by atoms with Gasteiger partial charge in [0.05, 0.1) is 14.2 Å². The van der Waals surface area contributed by atoms with Crippen LogP contribution in [0.25, 0.3) is 0 Å². The number of carbonyl (C=O) groups excluding carboxylic acids is 1. The first kappa shape index (κ1) is 11.8. The van der Waals surface area contributed by atoms with Crippen molar-refractivity contribution < 1.29 is 14.3 Å². The maximum atomic E-state index is 11.3. The predicted octanol–water partition coefficient (Wildman–Crippen LogP) is 2.85. The highest BCUT2D eigenvalue weighted by Crippen LogP contribution is 2.28. The van der Waals surface area contributed by atoms with E-state index in [0.29, 0.717) is 11.3 Å². The summed E-state index contributed by atoms with van der Waals surface area (Å²) >= 11 is 5.47. The SMILES string of the molecule is COC(=O)c1cc(I)c(Br)cc1OC. The molecule has 1 aromatic carbocycles. The molecule has 0 aliphatic rings. The predicted molar refractivity (Wildman–Crippen MR) is 64.8 cm³/mol. The molecule has 14 heavy (non-hydrogen) atoms. The molecule has 0 radical (unpaired) electrons. The van der Waals surface area contributed by atoms with Gasteiger partial charge in [-0.25, -0.2) is 4.79 Å². The molecular formula is C9H8BrIO3. The van der Waals surface area contributed by atoms with Crippen LogP contribution in [0.2, 0.25) is 0 Å². The third-order valence-corrected chi connectivity index (χ3v) is 3.94. The lowest BCUT2D eigenvalue weighted by atomic mass is 10.2. The van der Waals surface area contributed by atoms with Gasteiger partial charge in [0.1, 0.15) is 11.3 Å². The molecule has 5 heteroatoms. The van der Waals surface area contributed by atoms with Crippen molar-refractivity contribution in [2.75, 3.05) is 14.2 Å². The minimum atomic E-state index is -0.396. The van der Waals surface area contributed by atoms with Gasteiger partial charge in [-0.15, -0.1) is 0 Å². The Morgan fingerprint density at radius 1 is 1.43 bits per heavy atom. The molecule has 1 aromatic rings. The van der Waals surface area contributed by atoms with Crippen molar-refractivity contribution in [2.45, 2.75) is 0 Å². The van der Waals surface area contributed by atoms with Gasteiger partial charge in [0, 0.05) is 8.04 Å². The normalized spacial score (nSPS) is 9.71. The monoisotopic (exact) mass is 370 g/mol.